The smallest absolute Gasteiger partial charge is 0.0555 e. The summed E-state index contributed by atoms with van der Waals surface area (Å²) in [4.78, 5) is 2.74. The van der Waals surface area contributed by atoms with Gasteiger partial charge in [-0.25, -0.2) is 0 Å². The molecule has 2 saturated carbocycles. The average Bonchev–Trinajstić information content (AvgIpc) is 3.13. The van der Waals surface area contributed by atoms with Crippen molar-refractivity contribution < 1.29 is 5.11 Å². The topological polar surface area (TPSA) is 23.5 Å². The second kappa shape index (κ2) is 6.19. The summed E-state index contributed by atoms with van der Waals surface area (Å²) >= 11 is 0. The highest BCUT2D eigenvalue weighted by Gasteiger charge is 2.39. The van der Waals surface area contributed by atoms with E-state index in [2.05, 4.69) is 18.7 Å². The third-order valence-corrected chi connectivity index (χ3v) is 4.51. The lowest BCUT2D eigenvalue weighted by atomic mass is 9.79. The summed E-state index contributed by atoms with van der Waals surface area (Å²) < 4.78 is 0. The number of nitrogens with zero attached hydrogens (tertiary/aromatic N) is 1. The highest BCUT2D eigenvalue weighted by molar-refractivity contribution is 4.94. The quantitative estimate of drug-likeness (QED) is 0.769. The van der Waals surface area contributed by atoms with E-state index in [-0.39, 0.29) is 6.10 Å². The molecule has 0 amide bonds. The fourth-order valence-corrected chi connectivity index (χ4v) is 3.59. The van der Waals surface area contributed by atoms with E-state index in [0.717, 1.165) is 24.8 Å². The molecular weight excluding hydrogens is 210 g/mol. The molecule has 3 atom stereocenters. The number of rotatable bonds is 6. The zero-order valence-electron chi connectivity index (χ0n) is 11.6. The molecule has 0 aromatic carbocycles. The van der Waals surface area contributed by atoms with E-state index < -0.39 is 0 Å². The molecule has 2 fully saturated rings. The second-order valence-electron chi connectivity index (χ2n) is 6.05. The van der Waals surface area contributed by atoms with Crippen molar-refractivity contribution in [2.45, 2.75) is 83.4 Å². The predicted molar refractivity (Wildman–Crippen MR) is 72.1 cm³/mol. The van der Waals surface area contributed by atoms with Crippen molar-refractivity contribution in [3.63, 3.8) is 0 Å². The molecule has 0 aromatic heterocycles. The highest BCUT2D eigenvalue weighted by atomic mass is 16.3. The Morgan fingerprint density at radius 1 is 1.06 bits per heavy atom. The summed E-state index contributed by atoms with van der Waals surface area (Å²) in [5, 5.41) is 9.96. The third-order valence-electron chi connectivity index (χ3n) is 4.51. The normalized spacial score (nSPS) is 34.2. The Kier molecular flexibility index (Phi) is 4.87. The molecule has 0 spiro atoms. The molecule has 0 aromatic rings. The van der Waals surface area contributed by atoms with E-state index in [1.54, 1.807) is 0 Å². The van der Waals surface area contributed by atoms with Gasteiger partial charge in [-0.15, -0.1) is 0 Å². The van der Waals surface area contributed by atoms with E-state index in [0.29, 0.717) is 6.04 Å². The molecular formula is C15H29NO. The van der Waals surface area contributed by atoms with Gasteiger partial charge >= 0.3 is 0 Å². The molecule has 3 unspecified atom stereocenters. The number of aliphatic hydroxyl groups excluding tert-OH is 1. The van der Waals surface area contributed by atoms with E-state index in [4.69, 9.17) is 0 Å². The lowest BCUT2D eigenvalue weighted by molar-refractivity contribution is 0.0198. The van der Waals surface area contributed by atoms with Crippen LogP contribution < -0.4 is 0 Å². The van der Waals surface area contributed by atoms with Crippen LogP contribution in [0.3, 0.4) is 0 Å². The van der Waals surface area contributed by atoms with Gasteiger partial charge in [-0.3, -0.25) is 4.90 Å². The zero-order chi connectivity index (χ0) is 12.3. The molecule has 0 saturated heterocycles. The maximum atomic E-state index is 9.96. The Morgan fingerprint density at radius 3 is 2.41 bits per heavy atom. The summed E-state index contributed by atoms with van der Waals surface area (Å²) in [6, 6.07) is 1.52. The standard InChI is InChI=1S/C15H29NO/c1-3-5-12-6-9-14(17)11-15(12)16(10-4-2)13-7-8-13/h12-15,17H,3-11H2,1-2H3. The summed E-state index contributed by atoms with van der Waals surface area (Å²) in [7, 11) is 0. The first-order chi connectivity index (χ1) is 8.26. The molecule has 1 N–H and O–H groups in total. The fourth-order valence-electron chi connectivity index (χ4n) is 3.59. The average molecular weight is 239 g/mol. The lowest BCUT2D eigenvalue weighted by Gasteiger charge is -2.42. The van der Waals surface area contributed by atoms with Gasteiger partial charge in [0, 0.05) is 12.1 Å². The Balaban J connectivity index is 2.00. The van der Waals surface area contributed by atoms with Crippen LogP contribution in [-0.4, -0.2) is 34.7 Å². The van der Waals surface area contributed by atoms with Crippen LogP contribution in [0.1, 0.15) is 65.2 Å². The van der Waals surface area contributed by atoms with Crippen LogP contribution >= 0.6 is 0 Å². The fraction of sp³-hybridized carbons (Fsp3) is 1.00. The molecule has 2 aliphatic carbocycles. The third kappa shape index (κ3) is 3.45. The zero-order valence-corrected chi connectivity index (χ0v) is 11.6. The van der Waals surface area contributed by atoms with E-state index in [9.17, 15) is 5.11 Å². The maximum Gasteiger partial charge on any atom is 0.0555 e. The van der Waals surface area contributed by atoms with Gasteiger partial charge in [-0.1, -0.05) is 20.3 Å². The minimum absolute atomic E-state index is 0.0359. The molecule has 2 nitrogen and oxygen atoms in total. The van der Waals surface area contributed by atoms with Crippen molar-refractivity contribution in [2.24, 2.45) is 5.92 Å². The monoisotopic (exact) mass is 239 g/mol. The van der Waals surface area contributed by atoms with Crippen LogP contribution in [0.25, 0.3) is 0 Å². The first-order valence-electron chi connectivity index (χ1n) is 7.70. The molecule has 2 rings (SSSR count). The van der Waals surface area contributed by atoms with Crippen LogP contribution in [0.2, 0.25) is 0 Å². The summed E-state index contributed by atoms with van der Waals surface area (Å²) in [6.07, 6.45) is 9.95. The highest BCUT2D eigenvalue weighted by Crippen LogP contribution is 2.38. The van der Waals surface area contributed by atoms with Crippen molar-refractivity contribution >= 4 is 0 Å². The minimum Gasteiger partial charge on any atom is -0.393 e. The minimum atomic E-state index is -0.0359. The summed E-state index contributed by atoms with van der Waals surface area (Å²) in [5.74, 6) is 0.843. The van der Waals surface area contributed by atoms with Gasteiger partial charge in [0.05, 0.1) is 6.10 Å². The number of hydrogen-bond acceptors (Lipinski definition) is 2. The first kappa shape index (κ1) is 13.4. The Morgan fingerprint density at radius 2 is 1.82 bits per heavy atom. The summed E-state index contributed by atoms with van der Waals surface area (Å²) in [5.41, 5.74) is 0. The molecule has 2 aliphatic rings. The van der Waals surface area contributed by atoms with E-state index >= 15 is 0 Å². The Labute approximate surface area is 106 Å². The van der Waals surface area contributed by atoms with Crippen molar-refractivity contribution in [2.75, 3.05) is 6.54 Å². The van der Waals surface area contributed by atoms with E-state index in [1.165, 1.54) is 45.1 Å². The molecule has 2 heteroatoms. The van der Waals surface area contributed by atoms with Gasteiger partial charge in [0.15, 0.2) is 0 Å². The van der Waals surface area contributed by atoms with Crippen LogP contribution in [0.5, 0.6) is 0 Å². The second-order valence-corrected chi connectivity index (χ2v) is 6.05. The Hall–Kier alpha value is -0.0800. The largest absolute Gasteiger partial charge is 0.393 e. The molecule has 17 heavy (non-hydrogen) atoms. The predicted octanol–water partition coefficient (Wildman–Crippen LogP) is 3.19. The van der Waals surface area contributed by atoms with Crippen molar-refractivity contribution in [3.8, 4) is 0 Å². The lowest BCUT2D eigenvalue weighted by Crippen LogP contribution is -2.47. The van der Waals surface area contributed by atoms with Crippen LogP contribution in [-0.2, 0) is 0 Å². The van der Waals surface area contributed by atoms with E-state index in [1.807, 2.05) is 0 Å². The maximum absolute atomic E-state index is 9.96. The van der Waals surface area contributed by atoms with Crippen LogP contribution in [0.15, 0.2) is 0 Å². The van der Waals surface area contributed by atoms with Crippen molar-refractivity contribution in [1.29, 1.82) is 0 Å². The molecule has 0 radical (unpaired) electrons. The van der Waals surface area contributed by atoms with Gasteiger partial charge in [0.1, 0.15) is 0 Å². The molecule has 0 heterocycles. The van der Waals surface area contributed by atoms with Gasteiger partial charge in [-0.2, -0.15) is 0 Å². The van der Waals surface area contributed by atoms with Gasteiger partial charge < -0.3 is 5.11 Å². The van der Waals surface area contributed by atoms with Gasteiger partial charge in [0.25, 0.3) is 0 Å². The van der Waals surface area contributed by atoms with Gasteiger partial charge in [-0.05, 0) is 57.4 Å². The number of hydrogen-bond donors (Lipinski definition) is 1. The van der Waals surface area contributed by atoms with Gasteiger partial charge in [0.2, 0.25) is 0 Å². The number of aliphatic hydroxyl groups is 1. The molecule has 0 bridgehead atoms. The Bertz CT molecular complexity index is 227. The SMILES string of the molecule is CCCC1CCC(O)CC1N(CCC)C1CC1. The van der Waals surface area contributed by atoms with Crippen molar-refractivity contribution in [1.82, 2.24) is 4.90 Å². The van der Waals surface area contributed by atoms with Crippen LogP contribution in [0, 0.1) is 5.92 Å². The van der Waals surface area contributed by atoms with Crippen molar-refractivity contribution in [3.05, 3.63) is 0 Å². The first-order valence-corrected chi connectivity index (χ1v) is 7.70. The summed E-state index contributed by atoms with van der Waals surface area (Å²) in [6.45, 7) is 5.81. The van der Waals surface area contributed by atoms with Crippen LogP contribution in [0.4, 0.5) is 0 Å². The molecule has 100 valence electrons. The molecule has 0 aliphatic heterocycles.